The normalized spacial score (nSPS) is 18.8. The maximum atomic E-state index is 6.34. The lowest BCUT2D eigenvalue weighted by atomic mass is 9.74. The van der Waals surface area contributed by atoms with Crippen LogP contribution in [0, 0.1) is 5.41 Å². The largest absolute Gasteiger partial charge is 0.402 e. The molecular weight excluding hydrogens is 267 g/mol. The number of rotatable bonds is 1. The molecule has 0 aliphatic heterocycles. The summed E-state index contributed by atoms with van der Waals surface area (Å²) in [6.07, 6.45) is 2.56. The Morgan fingerprint density at radius 3 is 2.39 bits per heavy atom. The molecule has 4 heteroatoms. The molecule has 0 saturated carbocycles. The molecule has 1 aromatic carbocycles. The monoisotopic (exact) mass is 282 g/mol. The zero-order valence-electron chi connectivity index (χ0n) is 10.4. The number of anilines is 1. The van der Waals surface area contributed by atoms with Crippen LogP contribution in [0.4, 0.5) is 5.69 Å². The minimum absolute atomic E-state index is 0.143. The minimum Gasteiger partial charge on any atom is -0.402 e. The molecule has 4 N–H and O–H groups in total. The zero-order valence-corrected chi connectivity index (χ0v) is 11.9. The molecule has 0 saturated heterocycles. The molecule has 2 rings (SSSR count). The van der Waals surface area contributed by atoms with Crippen LogP contribution < -0.4 is 11.5 Å². The smallest absolute Gasteiger partial charge is 0.0502 e. The van der Waals surface area contributed by atoms with E-state index in [0.29, 0.717) is 15.7 Å². The van der Waals surface area contributed by atoms with Crippen LogP contribution in [0.5, 0.6) is 0 Å². The van der Waals surface area contributed by atoms with E-state index in [1.807, 2.05) is 12.1 Å². The first-order chi connectivity index (χ1) is 8.31. The molecule has 0 fully saturated rings. The Bertz CT molecular complexity index is 557. The Balaban J connectivity index is 2.64. The molecular formula is C14H16Cl2N2. The van der Waals surface area contributed by atoms with E-state index < -0.39 is 0 Å². The van der Waals surface area contributed by atoms with Gasteiger partial charge in [-0.2, -0.15) is 0 Å². The van der Waals surface area contributed by atoms with E-state index in [1.54, 1.807) is 12.1 Å². The SMILES string of the molecule is CC1(C)CC(N)=CC(Cl)=C1c1ccc(N)cc1Cl. The second-order valence-corrected chi connectivity index (χ2v) is 6.06. The molecule has 0 bridgehead atoms. The van der Waals surface area contributed by atoms with E-state index in [-0.39, 0.29) is 5.41 Å². The van der Waals surface area contributed by atoms with Gasteiger partial charge in [-0.1, -0.05) is 43.1 Å². The molecule has 1 aliphatic carbocycles. The van der Waals surface area contributed by atoms with Crippen molar-refractivity contribution in [2.75, 3.05) is 5.73 Å². The molecule has 96 valence electrons. The van der Waals surface area contributed by atoms with Gasteiger partial charge in [0.2, 0.25) is 0 Å². The number of hydrogen-bond acceptors (Lipinski definition) is 2. The van der Waals surface area contributed by atoms with Crippen LogP contribution in [-0.4, -0.2) is 0 Å². The molecule has 0 heterocycles. The summed E-state index contributed by atoms with van der Waals surface area (Å²) in [7, 11) is 0. The summed E-state index contributed by atoms with van der Waals surface area (Å²) in [5.41, 5.74) is 14.8. The second kappa shape index (κ2) is 4.52. The molecule has 0 unspecified atom stereocenters. The summed E-state index contributed by atoms with van der Waals surface area (Å²) in [5.74, 6) is 0. The highest BCUT2D eigenvalue weighted by Crippen LogP contribution is 2.47. The van der Waals surface area contributed by atoms with Crippen molar-refractivity contribution in [2.24, 2.45) is 11.1 Å². The Morgan fingerprint density at radius 2 is 1.83 bits per heavy atom. The minimum atomic E-state index is -0.143. The molecule has 0 radical (unpaired) electrons. The quantitative estimate of drug-likeness (QED) is 0.761. The molecule has 1 aliphatic rings. The molecule has 2 nitrogen and oxygen atoms in total. The summed E-state index contributed by atoms with van der Waals surface area (Å²) in [5, 5.41) is 1.26. The van der Waals surface area contributed by atoms with Gasteiger partial charge in [-0.15, -0.1) is 0 Å². The summed E-state index contributed by atoms with van der Waals surface area (Å²) >= 11 is 12.6. The van der Waals surface area contributed by atoms with Gasteiger partial charge in [-0.25, -0.2) is 0 Å². The molecule has 18 heavy (non-hydrogen) atoms. The Morgan fingerprint density at radius 1 is 1.17 bits per heavy atom. The van der Waals surface area contributed by atoms with Gasteiger partial charge in [0.05, 0.1) is 5.02 Å². The molecule has 0 aromatic heterocycles. The Labute approximate surface area is 117 Å². The lowest BCUT2D eigenvalue weighted by molar-refractivity contribution is 0.487. The van der Waals surface area contributed by atoms with Crippen molar-refractivity contribution >= 4 is 34.5 Å². The fourth-order valence-electron chi connectivity index (χ4n) is 2.44. The number of hydrogen-bond donors (Lipinski definition) is 2. The van der Waals surface area contributed by atoms with E-state index in [0.717, 1.165) is 23.3 Å². The van der Waals surface area contributed by atoms with E-state index in [4.69, 9.17) is 34.7 Å². The van der Waals surface area contributed by atoms with Gasteiger partial charge in [-0.3, -0.25) is 0 Å². The molecule has 1 aromatic rings. The van der Waals surface area contributed by atoms with Crippen LogP contribution in [0.3, 0.4) is 0 Å². The molecule has 0 amide bonds. The van der Waals surface area contributed by atoms with Gasteiger partial charge in [-0.05, 0) is 41.2 Å². The summed E-state index contributed by atoms with van der Waals surface area (Å²) < 4.78 is 0. The lowest BCUT2D eigenvalue weighted by Gasteiger charge is -2.33. The highest BCUT2D eigenvalue weighted by Gasteiger charge is 2.31. The van der Waals surface area contributed by atoms with Crippen LogP contribution in [0.2, 0.25) is 5.02 Å². The topological polar surface area (TPSA) is 52.0 Å². The van der Waals surface area contributed by atoms with Crippen LogP contribution >= 0.6 is 23.2 Å². The highest BCUT2D eigenvalue weighted by atomic mass is 35.5. The first-order valence-corrected chi connectivity index (χ1v) is 6.48. The van der Waals surface area contributed by atoms with Gasteiger partial charge in [0.25, 0.3) is 0 Å². The lowest BCUT2D eigenvalue weighted by Crippen LogP contribution is -2.22. The van der Waals surface area contributed by atoms with Crippen molar-refractivity contribution in [1.29, 1.82) is 0 Å². The third-order valence-corrected chi connectivity index (χ3v) is 3.75. The van der Waals surface area contributed by atoms with Gasteiger partial charge in [0.1, 0.15) is 0 Å². The van der Waals surface area contributed by atoms with Crippen LogP contribution in [0.25, 0.3) is 5.57 Å². The van der Waals surface area contributed by atoms with Crippen molar-refractivity contribution in [3.63, 3.8) is 0 Å². The predicted molar refractivity (Wildman–Crippen MR) is 79.3 cm³/mol. The molecule has 0 atom stereocenters. The number of allylic oxidation sites excluding steroid dienone is 4. The maximum Gasteiger partial charge on any atom is 0.0502 e. The first kappa shape index (κ1) is 13.3. The number of benzene rings is 1. The fraction of sp³-hybridized carbons (Fsp3) is 0.286. The second-order valence-electron chi connectivity index (χ2n) is 5.24. The standard InChI is InChI=1S/C14H16Cl2N2/c1-14(2)7-9(18)6-12(16)13(14)10-4-3-8(17)5-11(10)15/h3-6H,7,17-18H2,1-2H3. The van der Waals surface area contributed by atoms with Crippen molar-refractivity contribution in [2.45, 2.75) is 20.3 Å². The van der Waals surface area contributed by atoms with Crippen molar-refractivity contribution in [3.8, 4) is 0 Å². The van der Waals surface area contributed by atoms with E-state index in [1.165, 1.54) is 0 Å². The van der Waals surface area contributed by atoms with Gasteiger partial charge < -0.3 is 11.5 Å². The first-order valence-electron chi connectivity index (χ1n) is 5.73. The van der Waals surface area contributed by atoms with Crippen molar-refractivity contribution in [1.82, 2.24) is 0 Å². The number of halogens is 2. The van der Waals surface area contributed by atoms with Gasteiger partial charge >= 0.3 is 0 Å². The van der Waals surface area contributed by atoms with Crippen molar-refractivity contribution < 1.29 is 0 Å². The van der Waals surface area contributed by atoms with E-state index in [2.05, 4.69) is 13.8 Å². The van der Waals surface area contributed by atoms with Crippen LogP contribution in [-0.2, 0) is 0 Å². The van der Waals surface area contributed by atoms with E-state index >= 15 is 0 Å². The number of nitrogen functional groups attached to an aromatic ring is 1. The third kappa shape index (κ3) is 2.36. The van der Waals surface area contributed by atoms with Crippen LogP contribution in [0.15, 0.2) is 35.0 Å². The molecule has 0 spiro atoms. The van der Waals surface area contributed by atoms with Gasteiger partial charge in [0.15, 0.2) is 0 Å². The van der Waals surface area contributed by atoms with Crippen LogP contribution in [0.1, 0.15) is 25.8 Å². The Hall–Kier alpha value is -1.12. The average molecular weight is 283 g/mol. The predicted octanol–water partition coefficient (Wildman–Crippen LogP) is 4.14. The summed E-state index contributed by atoms with van der Waals surface area (Å²) in [6, 6.07) is 5.48. The van der Waals surface area contributed by atoms with Gasteiger partial charge in [0, 0.05) is 16.4 Å². The van der Waals surface area contributed by atoms with E-state index in [9.17, 15) is 0 Å². The van der Waals surface area contributed by atoms with Crippen molar-refractivity contribution in [3.05, 3.63) is 45.6 Å². The summed E-state index contributed by atoms with van der Waals surface area (Å²) in [4.78, 5) is 0. The number of nitrogens with two attached hydrogens (primary N) is 2. The summed E-state index contributed by atoms with van der Waals surface area (Å²) in [6.45, 7) is 4.22. The third-order valence-electron chi connectivity index (χ3n) is 3.14. The zero-order chi connectivity index (χ0) is 13.5. The average Bonchev–Trinajstić information content (AvgIpc) is 2.18. The Kier molecular flexibility index (Phi) is 3.35. The highest BCUT2D eigenvalue weighted by molar-refractivity contribution is 6.37. The maximum absolute atomic E-state index is 6.34. The fourth-order valence-corrected chi connectivity index (χ4v) is 3.22.